The molecule has 0 spiro atoms. The third-order valence-corrected chi connectivity index (χ3v) is 4.14. The second-order valence-corrected chi connectivity index (χ2v) is 6.17. The first-order chi connectivity index (χ1) is 12.3. The van der Waals surface area contributed by atoms with E-state index < -0.39 is 17.9 Å². The van der Waals surface area contributed by atoms with E-state index in [2.05, 4.69) is 10.6 Å². The second kappa shape index (κ2) is 8.29. The Balaban J connectivity index is 2.24. The van der Waals surface area contributed by atoms with E-state index in [1.54, 1.807) is 24.3 Å². The summed E-state index contributed by atoms with van der Waals surface area (Å²) in [5, 5.41) is 14.7. The quantitative estimate of drug-likeness (QED) is 0.743. The first kappa shape index (κ1) is 19.2. The van der Waals surface area contributed by atoms with Crippen LogP contribution in [0.15, 0.2) is 42.5 Å². The van der Waals surface area contributed by atoms with Crippen molar-refractivity contribution in [1.29, 1.82) is 0 Å². The zero-order valence-electron chi connectivity index (χ0n) is 15.0. The Hall–Kier alpha value is -3.15. The van der Waals surface area contributed by atoms with Gasteiger partial charge in [0.1, 0.15) is 6.04 Å². The third-order valence-electron chi connectivity index (χ3n) is 4.14. The van der Waals surface area contributed by atoms with E-state index in [1.165, 1.54) is 6.92 Å². The van der Waals surface area contributed by atoms with Crippen LogP contribution in [-0.4, -0.2) is 28.9 Å². The largest absolute Gasteiger partial charge is 0.480 e. The van der Waals surface area contributed by atoms with Crippen molar-refractivity contribution in [3.8, 4) is 0 Å². The topological polar surface area (TPSA) is 95.5 Å². The highest BCUT2D eigenvalue weighted by Gasteiger charge is 2.23. The summed E-state index contributed by atoms with van der Waals surface area (Å²) in [4.78, 5) is 35.6. The Morgan fingerprint density at radius 3 is 2.19 bits per heavy atom. The predicted octanol–water partition coefficient (Wildman–Crippen LogP) is 2.69. The van der Waals surface area contributed by atoms with E-state index in [-0.39, 0.29) is 17.9 Å². The summed E-state index contributed by atoms with van der Waals surface area (Å²) in [6.07, 6.45) is 0.182. The van der Waals surface area contributed by atoms with E-state index in [4.69, 9.17) is 0 Å². The van der Waals surface area contributed by atoms with E-state index in [0.717, 1.165) is 16.7 Å². The van der Waals surface area contributed by atoms with Gasteiger partial charge < -0.3 is 15.7 Å². The van der Waals surface area contributed by atoms with Gasteiger partial charge in [-0.2, -0.15) is 0 Å². The van der Waals surface area contributed by atoms with Crippen molar-refractivity contribution in [2.24, 2.45) is 0 Å². The highest BCUT2D eigenvalue weighted by atomic mass is 16.4. The minimum Gasteiger partial charge on any atom is -0.480 e. The molecule has 0 heterocycles. The van der Waals surface area contributed by atoms with E-state index in [0.29, 0.717) is 5.69 Å². The SMILES string of the molecule is CC(=O)Nc1ccccc1C(=O)N[C@H](Cc1c(C)cccc1C)C(=O)O. The molecule has 0 aliphatic rings. The average molecular weight is 354 g/mol. The minimum atomic E-state index is -1.11. The molecular formula is C20H22N2O4. The molecule has 2 rings (SSSR count). The number of hydrogen-bond acceptors (Lipinski definition) is 3. The number of aryl methyl sites for hydroxylation is 2. The maximum Gasteiger partial charge on any atom is 0.326 e. The molecule has 3 N–H and O–H groups in total. The lowest BCUT2D eigenvalue weighted by Gasteiger charge is -2.18. The molecule has 2 aromatic carbocycles. The number of nitrogens with one attached hydrogen (secondary N) is 2. The first-order valence-corrected chi connectivity index (χ1v) is 8.25. The van der Waals surface area contributed by atoms with E-state index in [9.17, 15) is 19.5 Å². The van der Waals surface area contributed by atoms with Gasteiger partial charge in [0, 0.05) is 13.3 Å². The Morgan fingerprint density at radius 2 is 1.62 bits per heavy atom. The lowest BCUT2D eigenvalue weighted by molar-refractivity contribution is -0.139. The number of aliphatic carboxylic acids is 1. The number of carbonyl (C=O) groups excluding carboxylic acids is 2. The summed E-state index contributed by atoms with van der Waals surface area (Å²) < 4.78 is 0. The number of rotatable bonds is 6. The van der Waals surface area contributed by atoms with Gasteiger partial charge in [0.25, 0.3) is 5.91 Å². The fraction of sp³-hybridized carbons (Fsp3) is 0.250. The molecule has 26 heavy (non-hydrogen) atoms. The molecule has 6 heteroatoms. The van der Waals surface area contributed by atoms with Gasteiger partial charge in [-0.05, 0) is 42.7 Å². The van der Waals surface area contributed by atoms with Gasteiger partial charge >= 0.3 is 5.97 Å². The average Bonchev–Trinajstić information content (AvgIpc) is 2.56. The number of anilines is 1. The van der Waals surface area contributed by atoms with Crippen LogP contribution in [0.5, 0.6) is 0 Å². The van der Waals surface area contributed by atoms with Crippen LogP contribution in [0.3, 0.4) is 0 Å². The lowest BCUT2D eigenvalue weighted by atomic mass is 9.96. The maximum atomic E-state index is 12.6. The monoisotopic (exact) mass is 354 g/mol. The van der Waals surface area contributed by atoms with Crippen molar-refractivity contribution in [3.63, 3.8) is 0 Å². The molecule has 0 saturated carbocycles. The van der Waals surface area contributed by atoms with Crippen molar-refractivity contribution < 1.29 is 19.5 Å². The van der Waals surface area contributed by atoms with Crippen LogP contribution in [0.2, 0.25) is 0 Å². The Labute approximate surface area is 152 Å². The number of hydrogen-bond donors (Lipinski definition) is 3. The van der Waals surface area contributed by atoms with E-state index in [1.807, 2.05) is 32.0 Å². The molecule has 136 valence electrons. The third kappa shape index (κ3) is 4.69. The fourth-order valence-electron chi connectivity index (χ4n) is 2.79. The van der Waals surface area contributed by atoms with Gasteiger partial charge in [-0.1, -0.05) is 30.3 Å². The predicted molar refractivity (Wildman–Crippen MR) is 99.3 cm³/mol. The van der Waals surface area contributed by atoms with Crippen LogP contribution in [0, 0.1) is 13.8 Å². The number of carboxylic acids is 1. The molecule has 1 atom stereocenters. The molecular weight excluding hydrogens is 332 g/mol. The molecule has 0 aromatic heterocycles. The van der Waals surface area contributed by atoms with Crippen molar-refractivity contribution in [1.82, 2.24) is 5.32 Å². The molecule has 0 saturated heterocycles. The smallest absolute Gasteiger partial charge is 0.326 e. The van der Waals surface area contributed by atoms with Crippen LogP contribution in [0.25, 0.3) is 0 Å². The van der Waals surface area contributed by atoms with Crippen LogP contribution in [0.1, 0.15) is 34.0 Å². The standard InChI is InChI=1S/C20H22N2O4/c1-12-7-6-8-13(2)16(12)11-18(20(25)26)22-19(24)15-9-4-5-10-17(15)21-14(3)23/h4-10,18H,11H2,1-3H3,(H,21,23)(H,22,24)(H,25,26)/t18-/m1/s1. The van der Waals surface area contributed by atoms with Crippen molar-refractivity contribution >= 4 is 23.5 Å². The van der Waals surface area contributed by atoms with Gasteiger partial charge in [0.2, 0.25) is 5.91 Å². The van der Waals surface area contributed by atoms with Crippen molar-refractivity contribution in [2.45, 2.75) is 33.2 Å². The van der Waals surface area contributed by atoms with Gasteiger partial charge in [0.05, 0.1) is 11.3 Å². The Kier molecular flexibility index (Phi) is 6.11. The Bertz CT molecular complexity index is 825. The summed E-state index contributed by atoms with van der Waals surface area (Å²) in [6, 6.07) is 11.1. The zero-order valence-corrected chi connectivity index (χ0v) is 15.0. The number of benzene rings is 2. The van der Waals surface area contributed by atoms with Crippen LogP contribution >= 0.6 is 0 Å². The molecule has 0 aliphatic heterocycles. The summed E-state index contributed by atoms with van der Waals surface area (Å²) in [5.74, 6) is -1.97. The van der Waals surface area contributed by atoms with Gasteiger partial charge in [-0.3, -0.25) is 9.59 Å². The van der Waals surface area contributed by atoms with E-state index >= 15 is 0 Å². The summed E-state index contributed by atoms with van der Waals surface area (Å²) in [6.45, 7) is 5.17. The van der Waals surface area contributed by atoms with Crippen molar-refractivity contribution in [3.05, 3.63) is 64.7 Å². The summed E-state index contributed by atoms with van der Waals surface area (Å²) in [7, 11) is 0. The van der Waals surface area contributed by atoms with Gasteiger partial charge in [-0.25, -0.2) is 4.79 Å². The van der Waals surface area contributed by atoms with Crippen LogP contribution < -0.4 is 10.6 Å². The summed E-state index contributed by atoms with van der Waals surface area (Å²) >= 11 is 0. The van der Waals surface area contributed by atoms with Gasteiger partial charge in [0.15, 0.2) is 0 Å². The molecule has 0 bridgehead atoms. The number of para-hydroxylation sites is 1. The highest BCUT2D eigenvalue weighted by molar-refractivity contribution is 6.04. The van der Waals surface area contributed by atoms with Crippen molar-refractivity contribution in [2.75, 3.05) is 5.32 Å². The number of amides is 2. The number of carboxylic acid groups (broad SMARTS) is 1. The molecule has 6 nitrogen and oxygen atoms in total. The molecule has 0 radical (unpaired) electrons. The summed E-state index contributed by atoms with van der Waals surface area (Å²) in [5.41, 5.74) is 3.41. The van der Waals surface area contributed by atoms with Crippen LogP contribution in [0.4, 0.5) is 5.69 Å². The van der Waals surface area contributed by atoms with Crippen LogP contribution in [-0.2, 0) is 16.0 Å². The maximum absolute atomic E-state index is 12.6. The second-order valence-electron chi connectivity index (χ2n) is 6.17. The zero-order chi connectivity index (χ0) is 19.3. The molecule has 0 fully saturated rings. The minimum absolute atomic E-state index is 0.182. The molecule has 2 aromatic rings. The first-order valence-electron chi connectivity index (χ1n) is 8.25. The molecule has 0 aliphatic carbocycles. The van der Waals surface area contributed by atoms with Gasteiger partial charge in [-0.15, -0.1) is 0 Å². The lowest BCUT2D eigenvalue weighted by Crippen LogP contribution is -2.42. The normalized spacial score (nSPS) is 11.5. The highest BCUT2D eigenvalue weighted by Crippen LogP contribution is 2.18. The molecule has 0 unspecified atom stereocenters. The fourth-order valence-corrected chi connectivity index (χ4v) is 2.79. The number of carbonyl (C=O) groups is 3. The Morgan fingerprint density at radius 1 is 1.00 bits per heavy atom. The molecule has 2 amide bonds.